The number of para-hydroxylation sites is 1. The maximum absolute atomic E-state index is 10.3. The Morgan fingerprint density at radius 2 is 2.00 bits per heavy atom. The molecule has 3 nitrogen and oxygen atoms in total. The minimum absolute atomic E-state index is 0.0446. The quantitative estimate of drug-likeness (QED) is 0.902. The average Bonchev–Trinajstić information content (AvgIpc) is 2.47. The molecule has 1 aliphatic heterocycles. The lowest BCUT2D eigenvalue weighted by molar-refractivity contribution is 0.0433. The lowest BCUT2D eigenvalue weighted by Crippen LogP contribution is -2.43. The highest BCUT2D eigenvalue weighted by Crippen LogP contribution is 2.31. The van der Waals surface area contributed by atoms with Crippen LogP contribution in [0.5, 0.6) is 5.75 Å². The van der Waals surface area contributed by atoms with Crippen LogP contribution in [0.1, 0.15) is 52.5 Å². The normalized spacial score (nSPS) is 21.6. The van der Waals surface area contributed by atoms with Gasteiger partial charge in [-0.3, -0.25) is 4.90 Å². The Kier molecular flexibility index (Phi) is 5.87. The van der Waals surface area contributed by atoms with Gasteiger partial charge in [0.2, 0.25) is 0 Å². The third kappa shape index (κ3) is 4.72. The monoisotopic (exact) mass is 305 g/mol. The fraction of sp³-hybridized carbons (Fsp3) is 0.684. The number of ether oxygens (including phenoxy) is 1. The molecule has 22 heavy (non-hydrogen) atoms. The molecule has 1 N–H and O–H groups in total. The minimum Gasteiger partial charge on any atom is -0.491 e. The van der Waals surface area contributed by atoms with E-state index in [1.54, 1.807) is 0 Å². The molecule has 0 saturated carbocycles. The van der Waals surface area contributed by atoms with Crippen molar-refractivity contribution in [1.82, 2.24) is 4.90 Å². The van der Waals surface area contributed by atoms with E-state index in [1.807, 2.05) is 18.2 Å². The van der Waals surface area contributed by atoms with Gasteiger partial charge in [0.15, 0.2) is 0 Å². The summed E-state index contributed by atoms with van der Waals surface area (Å²) in [4.78, 5) is 2.38. The molecular weight excluding hydrogens is 274 g/mol. The summed E-state index contributed by atoms with van der Waals surface area (Å²) < 4.78 is 5.93. The lowest BCUT2D eigenvalue weighted by atomic mass is 9.86. The van der Waals surface area contributed by atoms with Crippen molar-refractivity contribution in [2.75, 3.05) is 19.7 Å². The van der Waals surface area contributed by atoms with E-state index >= 15 is 0 Å². The average molecular weight is 305 g/mol. The first-order chi connectivity index (χ1) is 10.4. The number of β-amino-alcohol motifs (C(OH)–C–C–N with tert-alkyl or cyclic N) is 1. The number of aliphatic hydroxyl groups is 1. The van der Waals surface area contributed by atoms with Crippen LogP contribution in [0.2, 0.25) is 0 Å². The van der Waals surface area contributed by atoms with Gasteiger partial charge in [-0.2, -0.15) is 0 Å². The highest BCUT2D eigenvalue weighted by Gasteiger charge is 2.22. The number of likely N-dealkylation sites (tertiary alicyclic amines) is 1. The van der Waals surface area contributed by atoms with Crippen LogP contribution in [0.25, 0.3) is 0 Å². The standard InChI is InChI=1S/C19H31NO2/c1-15-9-7-8-12-20(15)13-16(21)14-22-18-11-6-5-10-17(18)19(2,3)4/h5-6,10-11,15-16,21H,7-9,12-14H2,1-4H3/t15-,16+/m1/s1. The number of hydrogen-bond donors (Lipinski definition) is 1. The first-order valence-electron chi connectivity index (χ1n) is 8.52. The van der Waals surface area contributed by atoms with Gasteiger partial charge in [-0.1, -0.05) is 45.4 Å². The third-order valence-corrected chi connectivity index (χ3v) is 4.51. The second kappa shape index (κ2) is 7.47. The van der Waals surface area contributed by atoms with Crippen LogP contribution < -0.4 is 4.74 Å². The fourth-order valence-electron chi connectivity index (χ4n) is 3.15. The summed E-state index contributed by atoms with van der Waals surface area (Å²) in [6, 6.07) is 8.71. The van der Waals surface area contributed by atoms with Crippen molar-refractivity contribution in [1.29, 1.82) is 0 Å². The Balaban J connectivity index is 1.90. The molecule has 1 heterocycles. The summed E-state index contributed by atoms with van der Waals surface area (Å²) in [5.74, 6) is 0.890. The molecule has 0 amide bonds. The van der Waals surface area contributed by atoms with Crippen molar-refractivity contribution < 1.29 is 9.84 Å². The van der Waals surface area contributed by atoms with E-state index in [1.165, 1.54) is 24.8 Å². The molecule has 3 heteroatoms. The predicted octanol–water partition coefficient (Wildman–Crippen LogP) is 3.60. The van der Waals surface area contributed by atoms with Gasteiger partial charge in [0, 0.05) is 12.6 Å². The topological polar surface area (TPSA) is 32.7 Å². The van der Waals surface area contributed by atoms with Gasteiger partial charge in [0.1, 0.15) is 18.5 Å². The number of nitrogens with zero attached hydrogens (tertiary/aromatic N) is 1. The fourth-order valence-corrected chi connectivity index (χ4v) is 3.15. The van der Waals surface area contributed by atoms with E-state index in [2.05, 4.69) is 38.7 Å². The highest BCUT2D eigenvalue weighted by molar-refractivity contribution is 5.38. The van der Waals surface area contributed by atoms with Crippen LogP contribution in [-0.2, 0) is 5.41 Å². The van der Waals surface area contributed by atoms with Crippen LogP contribution in [0.3, 0.4) is 0 Å². The molecule has 0 unspecified atom stereocenters. The molecule has 1 aromatic carbocycles. The van der Waals surface area contributed by atoms with Crippen molar-refractivity contribution in [3.05, 3.63) is 29.8 Å². The first kappa shape index (κ1) is 17.3. The molecule has 1 fully saturated rings. The molecule has 0 bridgehead atoms. The predicted molar refractivity (Wildman–Crippen MR) is 91.5 cm³/mol. The zero-order valence-corrected chi connectivity index (χ0v) is 14.5. The van der Waals surface area contributed by atoms with Gasteiger partial charge in [0.25, 0.3) is 0 Å². The zero-order valence-electron chi connectivity index (χ0n) is 14.5. The molecule has 0 spiro atoms. The van der Waals surface area contributed by atoms with Crippen LogP contribution >= 0.6 is 0 Å². The van der Waals surface area contributed by atoms with Crippen LogP contribution in [0, 0.1) is 0 Å². The number of benzene rings is 1. The molecule has 2 rings (SSSR count). The SMILES string of the molecule is C[C@@H]1CCCCN1C[C@H](O)COc1ccccc1C(C)(C)C. The molecule has 0 aromatic heterocycles. The Bertz CT molecular complexity index is 467. The van der Waals surface area contributed by atoms with E-state index in [0.717, 1.165) is 12.3 Å². The lowest BCUT2D eigenvalue weighted by Gasteiger charge is -2.34. The Labute approximate surface area is 135 Å². The molecular formula is C19H31NO2. The number of aliphatic hydroxyl groups excluding tert-OH is 1. The minimum atomic E-state index is -0.437. The number of rotatable bonds is 5. The van der Waals surface area contributed by atoms with E-state index in [9.17, 15) is 5.11 Å². The highest BCUT2D eigenvalue weighted by atomic mass is 16.5. The molecule has 1 aliphatic rings. The van der Waals surface area contributed by atoms with Crippen molar-refractivity contribution in [3.63, 3.8) is 0 Å². The van der Waals surface area contributed by atoms with Crippen molar-refractivity contribution in [3.8, 4) is 5.75 Å². The van der Waals surface area contributed by atoms with Crippen molar-refractivity contribution in [2.45, 2.75) is 64.5 Å². The van der Waals surface area contributed by atoms with Gasteiger partial charge in [-0.15, -0.1) is 0 Å². The summed E-state index contributed by atoms with van der Waals surface area (Å²) in [6.45, 7) is 11.0. The van der Waals surface area contributed by atoms with Crippen LogP contribution in [0.4, 0.5) is 0 Å². The number of hydrogen-bond acceptors (Lipinski definition) is 3. The maximum Gasteiger partial charge on any atom is 0.123 e. The molecule has 124 valence electrons. The second-order valence-electron chi connectivity index (χ2n) is 7.55. The van der Waals surface area contributed by atoms with Crippen LogP contribution in [-0.4, -0.2) is 41.8 Å². The van der Waals surface area contributed by atoms with Crippen LogP contribution in [0.15, 0.2) is 24.3 Å². The summed E-state index contributed by atoms with van der Waals surface area (Å²) in [5.41, 5.74) is 1.23. The second-order valence-corrected chi connectivity index (χ2v) is 7.55. The Hall–Kier alpha value is -1.06. The molecule has 2 atom stereocenters. The largest absolute Gasteiger partial charge is 0.491 e. The van der Waals surface area contributed by atoms with Gasteiger partial charge >= 0.3 is 0 Å². The zero-order chi connectivity index (χ0) is 16.2. The smallest absolute Gasteiger partial charge is 0.123 e. The Morgan fingerprint density at radius 3 is 2.68 bits per heavy atom. The summed E-state index contributed by atoms with van der Waals surface area (Å²) in [6.07, 6.45) is 3.35. The van der Waals surface area contributed by atoms with E-state index in [4.69, 9.17) is 4.74 Å². The Morgan fingerprint density at radius 1 is 1.27 bits per heavy atom. The van der Waals surface area contributed by atoms with E-state index in [0.29, 0.717) is 19.2 Å². The van der Waals surface area contributed by atoms with Gasteiger partial charge in [-0.25, -0.2) is 0 Å². The summed E-state index contributed by atoms with van der Waals surface area (Å²) in [7, 11) is 0. The molecule has 0 aliphatic carbocycles. The molecule has 1 aromatic rings. The van der Waals surface area contributed by atoms with Gasteiger partial charge < -0.3 is 9.84 Å². The van der Waals surface area contributed by atoms with Crippen molar-refractivity contribution >= 4 is 0 Å². The maximum atomic E-state index is 10.3. The number of piperidine rings is 1. The third-order valence-electron chi connectivity index (χ3n) is 4.51. The van der Waals surface area contributed by atoms with E-state index < -0.39 is 6.10 Å². The molecule has 1 saturated heterocycles. The van der Waals surface area contributed by atoms with Gasteiger partial charge in [-0.05, 0) is 43.4 Å². The van der Waals surface area contributed by atoms with Crippen molar-refractivity contribution in [2.24, 2.45) is 0 Å². The summed E-state index contributed by atoms with van der Waals surface area (Å²) >= 11 is 0. The summed E-state index contributed by atoms with van der Waals surface area (Å²) in [5, 5.41) is 10.3. The van der Waals surface area contributed by atoms with Gasteiger partial charge in [0.05, 0.1) is 0 Å². The molecule has 0 radical (unpaired) electrons. The first-order valence-corrected chi connectivity index (χ1v) is 8.52. The van der Waals surface area contributed by atoms with E-state index in [-0.39, 0.29) is 5.41 Å².